The number of hydrogen-bond acceptors (Lipinski definition) is 2. The van der Waals surface area contributed by atoms with Crippen LogP contribution in [-0.2, 0) is 6.42 Å². The van der Waals surface area contributed by atoms with Gasteiger partial charge in [0.15, 0.2) is 0 Å². The van der Waals surface area contributed by atoms with Gasteiger partial charge in [0.05, 0.1) is 0 Å². The van der Waals surface area contributed by atoms with Crippen molar-refractivity contribution >= 4 is 10.8 Å². The van der Waals surface area contributed by atoms with Crippen LogP contribution in [0.3, 0.4) is 0 Å². The topological polar surface area (TPSA) is 21.3 Å². The Morgan fingerprint density at radius 2 is 1.72 bits per heavy atom. The molecule has 0 aliphatic carbocycles. The predicted molar refractivity (Wildman–Crippen MR) is 104 cm³/mol. The van der Waals surface area contributed by atoms with Crippen molar-refractivity contribution < 1.29 is 4.74 Å². The molecule has 0 amide bonds. The van der Waals surface area contributed by atoms with E-state index in [0.717, 1.165) is 25.1 Å². The summed E-state index contributed by atoms with van der Waals surface area (Å²) in [4.78, 5) is 0. The van der Waals surface area contributed by atoms with Crippen LogP contribution in [-0.4, -0.2) is 18.7 Å². The highest BCUT2D eigenvalue weighted by Crippen LogP contribution is 2.28. The first-order valence-corrected chi connectivity index (χ1v) is 9.32. The normalized spacial score (nSPS) is 18.3. The van der Waals surface area contributed by atoms with E-state index in [1.165, 1.54) is 29.2 Å². The van der Waals surface area contributed by atoms with Crippen molar-refractivity contribution in [1.82, 2.24) is 5.32 Å². The molecule has 1 heterocycles. The van der Waals surface area contributed by atoms with Gasteiger partial charge in [0, 0.05) is 11.4 Å². The Morgan fingerprint density at radius 3 is 2.56 bits per heavy atom. The molecule has 2 heteroatoms. The molecule has 2 nitrogen and oxygen atoms in total. The summed E-state index contributed by atoms with van der Waals surface area (Å²) >= 11 is 0. The number of rotatable bonds is 6. The molecule has 0 spiro atoms. The van der Waals surface area contributed by atoms with Gasteiger partial charge in [0.25, 0.3) is 0 Å². The van der Waals surface area contributed by atoms with Gasteiger partial charge in [-0.2, -0.15) is 0 Å². The predicted octanol–water partition coefficient (Wildman–Crippen LogP) is 4.97. The van der Waals surface area contributed by atoms with Crippen molar-refractivity contribution in [1.29, 1.82) is 0 Å². The summed E-state index contributed by atoms with van der Waals surface area (Å²) in [5.74, 6) is 1.00. The van der Waals surface area contributed by atoms with Gasteiger partial charge in [-0.15, -0.1) is 0 Å². The molecular formula is C23H25NO. The maximum Gasteiger partial charge on any atom is 0.127 e. The van der Waals surface area contributed by atoms with Crippen molar-refractivity contribution in [2.75, 3.05) is 6.54 Å². The molecule has 2 atom stereocenters. The van der Waals surface area contributed by atoms with Crippen LogP contribution in [0.15, 0.2) is 72.8 Å². The van der Waals surface area contributed by atoms with Gasteiger partial charge in [-0.3, -0.25) is 0 Å². The molecule has 1 aliphatic rings. The van der Waals surface area contributed by atoms with Crippen molar-refractivity contribution in [3.05, 3.63) is 78.4 Å². The quantitative estimate of drug-likeness (QED) is 0.688. The van der Waals surface area contributed by atoms with Crippen LogP contribution in [0.4, 0.5) is 0 Å². The SMILES string of the molecule is c1ccc(CCC(Oc2cccc3ccccc23)[C@@H]2CCCN2)cc1. The number of benzene rings is 3. The van der Waals surface area contributed by atoms with E-state index >= 15 is 0 Å². The standard InChI is InChI=1S/C23H25NO/c1-2-8-18(9-3-1)15-16-23(21-13-7-17-24-21)25-22-14-6-11-19-10-4-5-12-20(19)22/h1-6,8-12,14,21,23-24H,7,13,15-17H2/t21-,23?/m0/s1. The van der Waals surface area contributed by atoms with Crippen LogP contribution in [0, 0.1) is 0 Å². The molecule has 1 fully saturated rings. The second-order valence-corrected chi connectivity index (χ2v) is 6.86. The fourth-order valence-electron chi connectivity index (χ4n) is 3.79. The summed E-state index contributed by atoms with van der Waals surface area (Å²) in [6, 6.07) is 26.0. The highest BCUT2D eigenvalue weighted by molar-refractivity contribution is 5.88. The number of nitrogens with one attached hydrogen (secondary N) is 1. The number of fused-ring (bicyclic) bond motifs is 1. The fourth-order valence-corrected chi connectivity index (χ4v) is 3.79. The second-order valence-electron chi connectivity index (χ2n) is 6.86. The van der Waals surface area contributed by atoms with Gasteiger partial charge in [0.2, 0.25) is 0 Å². The summed E-state index contributed by atoms with van der Waals surface area (Å²) < 4.78 is 6.57. The van der Waals surface area contributed by atoms with Crippen LogP contribution in [0.1, 0.15) is 24.8 Å². The molecule has 1 N–H and O–H groups in total. The molecule has 4 rings (SSSR count). The molecule has 1 unspecified atom stereocenters. The van der Waals surface area contributed by atoms with Gasteiger partial charge < -0.3 is 10.1 Å². The van der Waals surface area contributed by atoms with Crippen molar-refractivity contribution in [2.45, 2.75) is 37.8 Å². The molecule has 3 aromatic carbocycles. The summed E-state index contributed by atoms with van der Waals surface area (Å²) in [5.41, 5.74) is 1.38. The lowest BCUT2D eigenvalue weighted by Crippen LogP contribution is -2.39. The van der Waals surface area contributed by atoms with Gasteiger partial charge in [0.1, 0.15) is 11.9 Å². The van der Waals surface area contributed by atoms with Crippen molar-refractivity contribution in [3.63, 3.8) is 0 Å². The zero-order valence-electron chi connectivity index (χ0n) is 14.5. The molecule has 25 heavy (non-hydrogen) atoms. The molecule has 1 aliphatic heterocycles. The minimum absolute atomic E-state index is 0.202. The van der Waals surface area contributed by atoms with E-state index in [4.69, 9.17) is 4.74 Å². The number of hydrogen-bond donors (Lipinski definition) is 1. The van der Waals surface area contributed by atoms with Crippen LogP contribution in [0.2, 0.25) is 0 Å². The molecular weight excluding hydrogens is 306 g/mol. The Kier molecular flexibility index (Phi) is 4.98. The van der Waals surface area contributed by atoms with Gasteiger partial charge >= 0.3 is 0 Å². The molecule has 0 radical (unpaired) electrons. The third-order valence-electron chi connectivity index (χ3n) is 5.14. The Hall–Kier alpha value is -2.32. The fraction of sp³-hybridized carbons (Fsp3) is 0.304. The zero-order chi connectivity index (χ0) is 16.9. The van der Waals surface area contributed by atoms with E-state index in [-0.39, 0.29) is 6.10 Å². The third kappa shape index (κ3) is 3.85. The average molecular weight is 331 g/mol. The monoisotopic (exact) mass is 331 g/mol. The largest absolute Gasteiger partial charge is 0.488 e. The summed E-state index contributed by atoms with van der Waals surface area (Å²) in [6.45, 7) is 1.10. The Morgan fingerprint density at radius 1 is 0.920 bits per heavy atom. The first kappa shape index (κ1) is 16.2. The summed E-state index contributed by atoms with van der Waals surface area (Å²) in [6.07, 6.45) is 4.73. The average Bonchev–Trinajstić information content (AvgIpc) is 3.21. The molecule has 0 aromatic heterocycles. The highest BCUT2D eigenvalue weighted by atomic mass is 16.5. The minimum Gasteiger partial charge on any atom is -0.488 e. The molecule has 0 bridgehead atoms. The van der Waals surface area contributed by atoms with E-state index in [0.29, 0.717) is 6.04 Å². The summed E-state index contributed by atoms with van der Waals surface area (Å²) in [7, 11) is 0. The molecule has 1 saturated heterocycles. The first-order chi connectivity index (χ1) is 12.4. The maximum atomic E-state index is 6.57. The third-order valence-corrected chi connectivity index (χ3v) is 5.14. The Labute approximate surface area is 149 Å². The van der Waals surface area contributed by atoms with Gasteiger partial charge in [-0.05, 0) is 49.2 Å². The lowest BCUT2D eigenvalue weighted by atomic mass is 10.0. The van der Waals surface area contributed by atoms with Crippen molar-refractivity contribution in [3.8, 4) is 5.75 Å². The maximum absolute atomic E-state index is 6.57. The number of aryl methyl sites for hydroxylation is 1. The van der Waals surface area contributed by atoms with E-state index in [1.807, 2.05) is 0 Å². The van der Waals surface area contributed by atoms with E-state index < -0.39 is 0 Å². The second kappa shape index (κ2) is 7.71. The van der Waals surface area contributed by atoms with E-state index in [9.17, 15) is 0 Å². The smallest absolute Gasteiger partial charge is 0.127 e. The van der Waals surface area contributed by atoms with Crippen LogP contribution < -0.4 is 10.1 Å². The molecule has 0 saturated carbocycles. The van der Waals surface area contributed by atoms with Gasteiger partial charge in [-0.1, -0.05) is 66.7 Å². The van der Waals surface area contributed by atoms with Crippen molar-refractivity contribution in [2.24, 2.45) is 0 Å². The zero-order valence-corrected chi connectivity index (χ0v) is 14.5. The van der Waals surface area contributed by atoms with Gasteiger partial charge in [-0.25, -0.2) is 0 Å². The molecule has 3 aromatic rings. The first-order valence-electron chi connectivity index (χ1n) is 9.32. The highest BCUT2D eigenvalue weighted by Gasteiger charge is 2.26. The summed E-state index contributed by atoms with van der Waals surface area (Å²) in [5, 5.41) is 6.08. The number of ether oxygens (including phenoxy) is 1. The Bertz CT molecular complexity index is 803. The van der Waals surface area contributed by atoms with E-state index in [2.05, 4.69) is 78.1 Å². The Balaban J connectivity index is 1.55. The van der Waals surface area contributed by atoms with Crippen LogP contribution >= 0.6 is 0 Å². The minimum atomic E-state index is 0.202. The van der Waals surface area contributed by atoms with Crippen LogP contribution in [0.25, 0.3) is 10.8 Å². The van der Waals surface area contributed by atoms with Crippen LogP contribution in [0.5, 0.6) is 5.75 Å². The lowest BCUT2D eigenvalue weighted by molar-refractivity contribution is 0.154. The lowest BCUT2D eigenvalue weighted by Gasteiger charge is -2.26. The molecule has 128 valence electrons. The van der Waals surface area contributed by atoms with E-state index in [1.54, 1.807) is 0 Å².